The highest BCUT2D eigenvalue weighted by molar-refractivity contribution is 7.17. The molecule has 0 unspecified atom stereocenters. The van der Waals surface area contributed by atoms with E-state index >= 15 is 0 Å². The molecule has 0 spiro atoms. The summed E-state index contributed by atoms with van der Waals surface area (Å²) in [5.74, 6) is -0.732. The molecule has 2 aromatic heterocycles. The molecule has 0 bridgehead atoms. The first-order chi connectivity index (χ1) is 17.3. The number of thiophene rings is 1. The van der Waals surface area contributed by atoms with Crippen molar-refractivity contribution >= 4 is 34.0 Å². The number of hydrogen-bond donors (Lipinski definition) is 2. The zero-order valence-corrected chi connectivity index (χ0v) is 20.9. The highest BCUT2D eigenvalue weighted by atomic mass is 32.1. The van der Waals surface area contributed by atoms with E-state index in [1.54, 1.807) is 13.8 Å². The number of nitrogens with one attached hydrogen (secondary N) is 2. The van der Waals surface area contributed by atoms with Crippen molar-refractivity contribution in [2.45, 2.75) is 70.6 Å². The molecule has 10 heteroatoms. The van der Waals surface area contributed by atoms with Crippen LogP contribution in [0.4, 0.5) is 19.6 Å². The van der Waals surface area contributed by atoms with Gasteiger partial charge in [0.1, 0.15) is 22.4 Å². The second-order valence-corrected chi connectivity index (χ2v) is 10.5. The summed E-state index contributed by atoms with van der Waals surface area (Å²) in [6.07, 6.45) is 2.09. The van der Waals surface area contributed by atoms with Crippen LogP contribution in [0.2, 0.25) is 0 Å². The summed E-state index contributed by atoms with van der Waals surface area (Å²) in [5, 5.41) is 10.7. The second-order valence-electron chi connectivity index (χ2n) is 9.42. The molecule has 0 saturated heterocycles. The Morgan fingerprint density at radius 2 is 1.94 bits per heavy atom. The average molecular weight is 515 g/mol. The summed E-state index contributed by atoms with van der Waals surface area (Å²) in [6.45, 7) is 3.56. The van der Waals surface area contributed by atoms with Gasteiger partial charge in [-0.25, -0.2) is 18.3 Å². The number of esters is 1. The number of alkyl halides is 2. The third kappa shape index (κ3) is 4.61. The van der Waals surface area contributed by atoms with Crippen molar-refractivity contribution in [1.29, 1.82) is 0 Å². The number of halogens is 2. The molecule has 2 N–H and O–H groups in total. The lowest BCUT2D eigenvalue weighted by molar-refractivity contribution is 0.0378. The quantitative estimate of drug-likeness (QED) is 0.394. The Bertz CT molecular complexity index is 1270. The van der Waals surface area contributed by atoms with Crippen molar-refractivity contribution in [2.24, 2.45) is 0 Å². The molecule has 36 heavy (non-hydrogen) atoms. The number of ether oxygens (including phenoxy) is 1. The molecular weight excluding hydrogens is 486 g/mol. The molecule has 7 nitrogen and oxygen atoms in total. The highest BCUT2D eigenvalue weighted by Gasteiger charge is 2.37. The van der Waals surface area contributed by atoms with E-state index in [1.807, 2.05) is 30.3 Å². The Balaban J connectivity index is 1.47. The maximum absolute atomic E-state index is 14.0. The molecule has 190 valence electrons. The molecule has 1 aliphatic carbocycles. The lowest BCUT2D eigenvalue weighted by Gasteiger charge is -2.32. The van der Waals surface area contributed by atoms with Crippen molar-refractivity contribution in [3.8, 4) is 0 Å². The fraction of sp³-hybridized carbons (Fsp3) is 0.423. The van der Waals surface area contributed by atoms with Crippen LogP contribution in [0.5, 0.6) is 0 Å². The second kappa shape index (κ2) is 10.0. The number of rotatable bonds is 6. The largest absolute Gasteiger partial charge is 0.459 e. The molecule has 0 fully saturated rings. The number of benzene rings is 1. The van der Waals surface area contributed by atoms with Crippen LogP contribution in [0.25, 0.3) is 0 Å². The van der Waals surface area contributed by atoms with Gasteiger partial charge in [-0.05, 0) is 57.1 Å². The third-order valence-corrected chi connectivity index (χ3v) is 7.79. The number of amides is 1. The van der Waals surface area contributed by atoms with Gasteiger partial charge in [0.25, 0.3) is 12.3 Å². The molecule has 2 atom stereocenters. The zero-order valence-electron chi connectivity index (χ0n) is 20.1. The van der Waals surface area contributed by atoms with Gasteiger partial charge < -0.3 is 15.4 Å². The number of fused-ring (bicyclic) bond motifs is 2. The molecule has 2 aliphatic rings. The minimum atomic E-state index is -2.64. The first-order valence-corrected chi connectivity index (χ1v) is 13.0. The Kier molecular flexibility index (Phi) is 6.79. The summed E-state index contributed by atoms with van der Waals surface area (Å²) in [6, 6.07) is 7.74. The summed E-state index contributed by atoms with van der Waals surface area (Å²) in [7, 11) is 0. The Hall–Kier alpha value is -3.27. The standard InChI is InChI=1S/C26H28F2N4O3S/c1-14(2)35-26(34)21-16-10-6-7-11-20(16)36-25(21)31-24(33)17-13-29-32-19(22(27)28)12-18(30-23(17)32)15-8-4-3-5-9-15/h3-5,8-9,13-14,18-19,22,30H,6-7,10-12H2,1-2H3,(H,31,33)/t18-,19+/m1/s1. The highest BCUT2D eigenvalue weighted by Crippen LogP contribution is 2.41. The van der Waals surface area contributed by atoms with Crippen LogP contribution < -0.4 is 10.6 Å². The van der Waals surface area contributed by atoms with Crippen LogP contribution >= 0.6 is 11.3 Å². The molecule has 1 aromatic carbocycles. The molecule has 0 saturated carbocycles. The van der Waals surface area contributed by atoms with Crippen LogP contribution in [0.15, 0.2) is 36.5 Å². The Morgan fingerprint density at radius 3 is 2.67 bits per heavy atom. The number of carbonyl (C=O) groups excluding carboxylic acids is 2. The fourth-order valence-electron chi connectivity index (χ4n) is 4.92. The van der Waals surface area contributed by atoms with Gasteiger partial charge >= 0.3 is 5.97 Å². The molecule has 1 amide bonds. The van der Waals surface area contributed by atoms with Gasteiger partial charge in [-0.15, -0.1) is 11.3 Å². The summed E-state index contributed by atoms with van der Waals surface area (Å²) in [4.78, 5) is 27.5. The van der Waals surface area contributed by atoms with Crippen LogP contribution in [-0.4, -0.2) is 34.2 Å². The minimum Gasteiger partial charge on any atom is -0.459 e. The van der Waals surface area contributed by atoms with Crippen LogP contribution in [-0.2, 0) is 17.6 Å². The molecule has 3 heterocycles. The van der Waals surface area contributed by atoms with Crippen molar-refractivity contribution in [2.75, 3.05) is 10.6 Å². The number of carbonyl (C=O) groups is 2. The number of hydrogen-bond acceptors (Lipinski definition) is 6. The fourth-order valence-corrected chi connectivity index (χ4v) is 6.19. The van der Waals surface area contributed by atoms with E-state index in [1.165, 1.54) is 22.2 Å². The van der Waals surface area contributed by atoms with Crippen molar-refractivity contribution in [3.63, 3.8) is 0 Å². The summed E-state index contributed by atoms with van der Waals surface area (Å²) < 4.78 is 34.6. The van der Waals surface area contributed by atoms with E-state index in [9.17, 15) is 18.4 Å². The van der Waals surface area contributed by atoms with Gasteiger partial charge in [-0.1, -0.05) is 30.3 Å². The van der Waals surface area contributed by atoms with E-state index in [0.717, 1.165) is 41.7 Å². The molecule has 1 aliphatic heterocycles. The van der Waals surface area contributed by atoms with Gasteiger partial charge in [-0.2, -0.15) is 5.10 Å². The first-order valence-electron chi connectivity index (χ1n) is 12.2. The minimum absolute atomic E-state index is 0.139. The SMILES string of the molecule is CC(C)OC(=O)c1c(NC(=O)c2cnn3c2N[C@@H](c2ccccc2)C[C@H]3C(F)F)sc2c1CCCC2. The topological polar surface area (TPSA) is 85.2 Å². The predicted octanol–water partition coefficient (Wildman–Crippen LogP) is 6.00. The number of nitrogens with zero attached hydrogens (tertiary/aromatic N) is 2. The van der Waals surface area contributed by atoms with Gasteiger partial charge in [0.15, 0.2) is 0 Å². The first kappa shape index (κ1) is 24.4. The van der Waals surface area contributed by atoms with Gasteiger partial charge in [0.05, 0.1) is 23.9 Å². The van der Waals surface area contributed by atoms with Crippen molar-refractivity contribution in [3.05, 3.63) is 63.7 Å². The molecule has 3 aromatic rings. The van der Waals surface area contributed by atoms with Crippen LogP contribution in [0, 0.1) is 0 Å². The van der Waals surface area contributed by atoms with Crippen LogP contribution in [0.3, 0.4) is 0 Å². The van der Waals surface area contributed by atoms with Crippen molar-refractivity contribution < 1.29 is 23.1 Å². The Morgan fingerprint density at radius 1 is 1.19 bits per heavy atom. The Labute approximate surface area is 211 Å². The zero-order chi connectivity index (χ0) is 25.4. The molecular formula is C26H28F2N4O3S. The van der Waals surface area contributed by atoms with Gasteiger partial charge in [-0.3, -0.25) is 4.79 Å². The van der Waals surface area contributed by atoms with E-state index in [4.69, 9.17) is 4.74 Å². The third-order valence-electron chi connectivity index (χ3n) is 6.58. The number of aromatic nitrogens is 2. The van der Waals surface area contributed by atoms with Gasteiger partial charge in [0.2, 0.25) is 0 Å². The normalized spacial score (nSPS) is 18.9. The monoisotopic (exact) mass is 514 g/mol. The molecule has 0 radical (unpaired) electrons. The molecule has 5 rings (SSSR count). The van der Waals surface area contributed by atoms with E-state index in [-0.39, 0.29) is 23.9 Å². The lowest BCUT2D eigenvalue weighted by atomic mass is 9.95. The van der Waals surface area contributed by atoms with Crippen molar-refractivity contribution in [1.82, 2.24) is 9.78 Å². The summed E-state index contributed by atoms with van der Waals surface area (Å²) >= 11 is 1.38. The lowest BCUT2D eigenvalue weighted by Crippen LogP contribution is -2.31. The average Bonchev–Trinajstić information content (AvgIpc) is 3.44. The summed E-state index contributed by atoms with van der Waals surface area (Å²) in [5.41, 5.74) is 2.34. The van der Waals surface area contributed by atoms with Crippen LogP contribution in [0.1, 0.15) is 81.9 Å². The van der Waals surface area contributed by atoms with E-state index in [0.29, 0.717) is 10.6 Å². The van der Waals surface area contributed by atoms with Gasteiger partial charge in [0, 0.05) is 4.88 Å². The van der Waals surface area contributed by atoms with E-state index in [2.05, 4.69) is 15.7 Å². The smallest absolute Gasteiger partial charge is 0.341 e. The predicted molar refractivity (Wildman–Crippen MR) is 134 cm³/mol. The maximum atomic E-state index is 14.0. The number of anilines is 2. The number of aryl methyl sites for hydroxylation is 1. The maximum Gasteiger partial charge on any atom is 0.341 e. The van der Waals surface area contributed by atoms with E-state index < -0.39 is 30.4 Å².